The molecule has 0 aromatic heterocycles. The van der Waals surface area contributed by atoms with Crippen LogP contribution in [0, 0.1) is 0 Å². The molecule has 9 aliphatic rings. The van der Waals surface area contributed by atoms with E-state index < -0.39 is 371 Å². The first-order chi connectivity index (χ1) is 55.1. The smallest absolute Gasteiger partial charge is 0.364 e. The number of carbonyl (C=O) groups is 5. The van der Waals surface area contributed by atoms with Crippen molar-refractivity contribution >= 4 is 29.6 Å². The molecule has 52 nitrogen and oxygen atoms in total. The quantitative estimate of drug-likeness (QED) is 0.0306. The molecule has 52 heteroatoms. The third-order valence-corrected chi connectivity index (χ3v) is 21.3. The summed E-state index contributed by atoms with van der Waals surface area (Å²) in [5.41, 5.74) is 0. The largest absolute Gasteiger partial charge is 0.477 e. The predicted octanol–water partition coefficient (Wildman–Crippen LogP) is -19.8. The van der Waals surface area contributed by atoms with E-state index in [2.05, 4.69) is 21.3 Å². The molecule has 9 rings (SSSR count). The number of carbonyl (C=O) groups excluding carboxylic acids is 4. The number of carboxylic acid groups (broad SMARTS) is 1. The third-order valence-electron chi connectivity index (χ3n) is 21.3. The lowest BCUT2D eigenvalue weighted by molar-refractivity contribution is -0.398. The second-order valence-electron chi connectivity index (χ2n) is 29.7. The average molecular weight is 1710 g/mol. The van der Waals surface area contributed by atoms with E-state index in [1.165, 1.54) is 6.92 Å². The first kappa shape index (κ1) is 96.5. The lowest BCUT2D eigenvalue weighted by atomic mass is 9.88. The van der Waals surface area contributed by atoms with Gasteiger partial charge < -0.3 is 235 Å². The molecule has 9 fully saturated rings. The molecule has 9 heterocycles. The fourth-order valence-electron chi connectivity index (χ4n) is 14.9. The second-order valence-corrected chi connectivity index (χ2v) is 29.7. The number of amides is 4. The maximum atomic E-state index is 13.1. The van der Waals surface area contributed by atoms with Gasteiger partial charge in [0.25, 0.3) is 5.79 Å². The zero-order valence-corrected chi connectivity index (χ0v) is 63.0. The van der Waals surface area contributed by atoms with Crippen LogP contribution in [-0.2, 0) is 104 Å². The molecule has 0 saturated carbocycles. The van der Waals surface area contributed by atoms with Crippen molar-refractivity contribution in [2.45, 2.75) is 323 Å². The Morgan fingerprint density at radius 2 is 0.744 bits per heavy atom. The number of aliphatic hydroxyl groups is 25. The van der Waals surface area contributed by atoms with Crippen molar-refractivity contribution in [1.82, 2.24) is 21.3 Å². The second kappa shape index (κ2) is 41.4. The fraction of sp³-hybridized carbons (Fsp3) is 0.923. The van der Waals surface area contributed by atoms with Crippen molar-refractivity contribution in [1.29, 1.82) is 0 Å². The Labute approximate surface area is 662 Å². The molecule has 30 N–H and O–H groups in total. The maximum absolute atomic E-state index is 13.1. The molecule has 0 aromatic rings. The lowest BCUT2D eigenvalue weighted by Crippen LogP contribution is -2.71. The monoisotopic (exact) mass is 1710 g/mol. The molecule has 0 aliphatic carbocycles. The Hall–Kier alpha value is -4.33. The molecule has 9 saturated heterocycles. The standard InChI is InChI=1S/C65H108N4O48/c1-15-33(81)42(90)46(94)59(104-15)102-13-28-52(39(87)30(56(98)105-28)67-17(3)76)112-57-31(68-18(4)77)40(88)51(25(11-74)108-57)114-62-49(97)54(38(86)26(110-62)12-101-60-47(95)43(91)35(83)22(8-71)106-60)115-63-55(45(93)36(84)23(9-72)107-63)116-58-32(69-19(5)78)41(89)50(24(10-73)109-58)113-61-48(96)44(92)37(85)27(111-61)14-103-65(64(99)100)6-20(79)29(66-16(2)75)53(117-65)34(82)21(80)7-70/h15,20-63,70-74,79-98H,6-14H2,1-5H3,(H,66,75)(H,67,76)(H,68,77)(H,69,78)(H,99,100)/t15-,20-,21+,22+,23+,24+,25+,26+,27+,28+,29+,30+,31+,32+,33+,34+,35+,36+,37-,38+,39+,40+,41+,42+,43-,44-,45-,46-,47-,48+,49-,50+,51+,52+,53+,54-,55-,56?,57-,58?,59+,60?,61?,62?,63?,65+/m0/s1. The van der Waals surface area contributed by atoms with E-state index in [-0.39, 0.29) is 0 Å². The molecule has 0 aromatic carbocycles. The average Bonchev–Trinajstić information content (AvgIpc) is 0.768. The van der Waals surface area contributed by atoms with Gasteiger partial charge in [-0.05, 0) is 6.92 Å². The van der Waals surface area contributed by atoms with Gasteiger partial charge in [-0.25, -0.2) is 4.79 Å². The molecule has 4 amide bonds. The van der Waals surface area contributed by atoms with Crippen LogP contribution in [0.1, 0.15) is 41.0 Å². The highest BCUT2D eigenvalue weighted by Gasteiger charge is 2.62. The van der Waals surface area contributed by atoms with Gasteiger partial charge in [0.2, 0.25) is 23.6 Å². The van der Waals surface area contributed by atoms with Gasteiger partial charge >= 0.3 is 5.97 Å². The zero-order valence-electron chi connectivity index (χ0n) is 63.0. The molecule has 9 aliphatic heterocycles. The van der Waals surface area contributed by atoms with Crippen LogP contribution in [-0.4, -0.2) is 497 Å². The van der Waals surface area contributed by atoms with Crippen LogP contribution in [0.2, 0.25) is 0 Å². The minimum absolute atomic E-state index is 0.827. The normalized spacial score (nSPS) is 47.9. The lowest BCUT2D eigenvalue weighted by Gasteiger charge is -2.51. The number of carboxylic acids is 1. The number of ether oxygens (including phenoxy) is 17. The highest BCUT2D eigenvalue weighted by molar-refractivity contribution is 5.77. The molecule has 117 heavy (non-hydrogen) atoms. The molecule has 6 unspecified atom stereocenters. The van der Waals surface area contributed by atoms with Gasteiger partial charge in [-0.3, -0.25) is 19.2 Å². The Kier molecular flexibility index (Phi) is 34.2. The highest BCUT2D eigenvalue weighted by atomic mass is 16.8. The van der Waals surface area contributed by atoms with Crippen molar-refractivity contribution in [2.75, 3.05) is 52.9 Å². The first-order valence-electron chi connectivity index (χ1n) is 37.1. The summed E-state index contributed by atoms with van der Waals surface area (Å²) in [6.45, 7) is -3.81. The Bertz CT molecular complexity index is 3190. The predicted molar refractivity (Wildman–Crippen MR) is 359 cm³/mol. The summed E-state index contributed by atoms with van der Waals surface area (Å²) in [6, 6.07) is -7.43. The van der Waals surface area contributed by atoms with Crippen molar-refractivity contribution in [3.8, 4) is 0 Å². The number of hydrogen-bond acceptors (Lipinski definition) is 47. The third kappa shape index (κ3) is 21.5. The number of aliphatic hydroxyl groups excluding tert-OH is 25. The van der Waals surface area contributed by atoms with Crippen LogP contribution in [0.15, 0.2) is 0 Å². The van der Waals surface area contributed by atoms with Crippen LogP contribution in [0.5, 0.6) is 0 Å². The minimum Gasteiger partial charge on any atom is -0.477 e. The number of nitrogens with one attached hydrogen (secondary N) is 4. The summed E-state index contributed by atoms with van der Waals surface area (Å²) >= 11 is 0. The van der Waals surface area contributed by atoms with E-state index in [4.69, 9.17) is 80.5 Å². The molecule has 0 radical (unpaired) electrons. The number of aliphatic carboxylic acids is 1. The minimum atomic E-state index is -3.08. The topological polar surface area (TPSA) is 816 Å². The van der Waals surface area contributed by atoms with Gasteiger partial charge in [-0.2, -0.15) is 0 Å². The van der Waals surface area contributed by atoms with Crippen LogP contribution in [0.4, 0.5) is 0 Å². The van der Waals surface area contributed by atoms with Crippen molar-refractivity contribution in [3.63, 3.8) is 0 Å². The van der Waals surface area contributed by atoms with Gasteiger partial charge in [0.15, 0.2) is 50.3 Å². The van der Waals surface area contributed by atoms with E-state index in [1.54, 1.807) is 0 Å². The van der Waals surface area contributed by atoms with Crippen molar-refractivity contribution in [3.05, 3.63) is 0 Å². The molecule has 0 spiro atoms. The maximum Gasteiger partial charge on any atom is 0.364 e. The van der Waals surface area contributed by atoms with E-state index in [9.17, 15) is 157 Å². The van der Waals surface area contributed by atoms with Gasteiger partial charge in [-0.1, -0.05) is 0 Å². The number of hydrogen-bond donors (Lipinski definition) is 30. The Balaban J connectivity index is 0.983. The summed E-state index contributed by atoms with van der Waals surface area (Å²) in [5, 5.41) is 297. The van der Waals surface area contributed by atoms with Gasteiger partial charge in [0.1, 0.15) is 207 Å². The first-order valence-corrected chi connectivity index (χ1v) is 37.1. The SMILES string of the molecule is CC(=O)N[C@H]1[C@H](O[C@H]2[C@H](O)[C@@H](NC(C)=O)C(O)O[C@@H]2CO[C@@H]2O[C@@H](C)[C@@H](O)[C@@H](O)[C@@H]2O)O[C@H](CO)[C@@H](OC2O[C@H](COC3O[C@H](CO)[C@@H](O)[C@H](O)[C@@H]3O)[C@@H](O)[C@H](OC3O[C@H](CO)[C@@H](O)[C@H](O)[C@@H]3OC3O[C@H](CO)[C@@H](OC4O[C@H](CO[C@]5(C(=O)O)C[C@H](O)[C@@H](NC(C)=O)[C@H]([C@H](O)[C@H](O)CO)O5)[C@H](O)[C@H](O)[C@H]4O)[C@H](O)[C@H]3NC(C)=O)[C@@H]2O)[C@@H]1O. The zero-order chi connectivity index (χ0) is 86.6. The van der Waals surface area contributed by atoms with E-state index in [1.807, 2.05) is 0 Å². The summed E-state index contributed by atoms with van der Waals surface area (Å²) in [5.74, 6) is -8.76. The summed E-state index contributed by atoms with van der Waals surface area (Å²) < 4.78 is 99.7. The van der Waals surface area contributed by atoms with E-state index in [0.717, 1.165) is 27.7 Å². The Morgan fingerprint density at radius 1 is 0.368 bits per heavy atom. The van der Waals surface area contributed by atoms with Gasteiger partial charge in [0, 0.05) is 34.1 Å². The van der Waals surface area contributed by atoms with E-state index in [0.29, 0.717) is 0 Å². The van der Waals surface area contributed by atoms with Crippen LogP contribution >= 0.6 is 0 Å². The van der Waals surface area contributed by atoms with Crippen LogP contribution < -0.4 is 21.3 Å². The number of rotatable bonds is 31. The van der Waals surface area contributed by atoms with Crippen LogP contribution in [0.25, 0.3) is 0 Å². The highest BCUT2D eigenvalue weighted by Crippen LogP contribution is 2.41. The van der Waals surface area contributed by atoms with Crippen LogP contribution in [0.3, 0.4) is 0 Å². The van der Waals surface area contributed by atoms with E-state index >= 15 is 0 Å². The summed E-state index contributed by atoms with van der Waals surface area (Å²) in [4.78, 5) is 63.6. The summed E-state index contributed by atoms with van der Waals surface area (Å²) in [7, 11) is 0. The van der Waals surface area contributed by atoms with Crippen molar-refractivity contribution in [2.24, 2.45) is 0 Å². The molecule has 676 valence electrons. The van der Waals surface area contributed by atoms with Gasteiger partial charge in [-0.15, -0.1) is 0 Å². The molecular weight excluding hydrogens is 1600 g/mol. The summed E-state index contributed by atoms with van der Waals surface area (Å²) in [6.07, 6.45) is -86.9. The Morgan fingerprint density at radius 3 is 1.24 bits per heavy atom. The molecule has 0 bridgehead atoms. The molecular formula is C65H108N4O48. The molecule has 46 atom stereocenters. The van der Waals surface area contributed by atoms with Crippen molar-refractivity contribution < 1.29 is 237 Å². The fourth-order valence-corrected chi connectivity index (χ4v) is 14.9. The van der Waals surface area contributed by atoms with Gasteiger partial charge in [0.05, 0.1) is 71.1 Å².